The molecule has 3 aliphatic rings. The normalized spacial score (nSPS) is 21.3. The molecule has 0 N–H and O–H groups in total. The lowest BCUT2D eigenvalue weighted by Gasteiger charge is -2.34. The standard InChI is InChI=1S/C29H27NO11S/c1-34-16-5-7-17(8-6-16)42(32,33)41-30-27-19-12-22-21(39-14-40-22)11-18(19)25(26-20(27)13-38-29(26)31)15-9-23(35-2)28(37-4)24(10-15)36-3/h5-12,20,25-26H,13-14H2,1-4H3/b30-27-/t20-,25+,26+/m0/s1. The SMILES string of the molecule is COc1ccc(S(=O)(=O)O/N=C2/c3cc4c(cc3[C@@H](c3cc(OC)c(OC)c(OC)c3)[C@@H]3C(=O)OC[C@H]23)OCO4)cc1. The lowest BCUT2D eigenvalue weighted by molar-refractivity contribution is -0.141. The van der Waals surface area contributed by atoms with Crippen LogP contribution in [0.1, 0.15) is 22.6 Å². The van der Waals surface area contributed by atoms with Crippen LogP contribution in [0.2, 0.25) is 0 Å². The van der Waals surface area contributed by atoms with Crippen molar-refractivity contribution in [3.63, 3.8) is 0 Å². The van der Waals surface area contributed by atoms with E-state index in [9.17, 15) is 13.2 Å². The highest BCUT2D eigenvalue weighted by molar-refractivity contribution is 7.86. The molecule has 3 aromatic rings. The molecule has 0 saturated carbocycles. The van der Waals surface area contributed by atoms with Gasteiger partial charge in [0, 0.05) is 11.5 Å². The smallest absolute Gasteiger partial charge is 0.358 e. The third-order valence-electron chi connectivity index (χ3n) is 7.60. The van der Waals surface area contributed by atoms with Gasteiger partial charge in [0.15, 0.2) is 23.0 Å². The zero-order chi connectivity index (χ0) is 29.6. The first-order valence-corrected chi connectivity index (χ1v) is 14.3. The highest BCUT2D eigenvalue weighted by atomic mass is 32.2. The fourth-order valence-corrected chi connectivity index (χ4v) is 6.38. The third kappa shape index (κ3) is 4.49. The maximum atomic E-state index is 13.3. The number of methoxy groups -OCH3 is 4. The van der Waals surface area contributed by atoms with Gasteiger partial charge in [-0.25, -0.2) is 0 Å². The maximum Gasteiger partial charge on any atom is 0.358 e. The van der Waals surface area contributed by atoms with E-state index >= 15 is 0 Å². The molecule has 2 aliphatic heterocycles. The molecule has 0 bridgehead atoms. The fraction of sp³-hybridized carbons (Fsp3) is 0.310. The van der Waals surface area contributed by atoms with Crippen molar-refractivity contribution in [1.82, 2.24) is 0 Å². The summed E-state index contributed by atoms with van der Waals surface area (Å²) in [4.78, 5) is 13.2. The molecule has 0 unspecified atom stereocenters. The number of cyclic esters (lactones) is 1. The van der Waals surface area contributed by atoms with Gasteiger partial charge >= 0.3 is 16.1 Å². The van der Waals surface area contributed by atoms with Crippen LogP contribution in [0, 0.1) is 11.8 Å². The van der Waals surface area contributed by atoms with Gasteiger partial charge in [-0.05, 0) is 59.7 Å². The van der Waals surface area contributed by atoms with E-state index in [-0.39, 0.29) is 24.0 Å². The highest BCUT2D eigenvalue weighted by Crippen LogP contribution is 2.52. The van der Waals surface area contributed by atoms with Gasteiger partial charge in [0.25, 0.3) is 0 Å². The summed E-state index contributed by atoms with van der Waals surface area (Å²) in [7, 11) is 1.69. The Kier molecular flexibility index (Phi) is 6.97. The molecule has 1 saturated heterocycles. The van der Waals surface area contributed by atoms with Crippen LogP contribution in [0.25, 0.3) is 0 Å². The van der Waals surface area contributed by atoms with Crippen LogP contribution in [-0.2, 0) is 23.9 Å². The van der Waals surface area contributed by atoms with Crippen LogP contribution in [0.5, 0.6) is 34.5 Å². The van der Waals surface area contributed by atoms with Crippen molar-refractivity contribution in [1.29, 1.82) is 0 Å². The van der Waals surface area contributed by atoms with E-state index in [0.717, 1.165) is 0 Å². The largest absolute Gasteiger partial charge is 0.497 e. The summed E-state index contributed by atoms with van der Waals surface area (Å²) in [6, 6.07) is 12.7. The predicted octanol–water partition coefficient (Wildman–Crippen LogP) is 3.49. The van der Waals surface area contributed by atoms with E-state index < -0.39 is 33.8 Å². The lowest BCUT2D eigenvalue weighted by atomic mass is 9.66. The van der Waals surface area contributed by atoms with Crippen molar-refractivity contribution in [3.05, 3.63) is 65.2 Å². The van der Waals surface area contributed by atoms with Gasteiger partial charge < -0.3 is 33.2 Å². The molecule has 0 spiro atoms. The number of hydrogen-bond donors (Lipinski definition) is 0. The Balaban J connectivity index is 1.51. The van der Waals surface area contributed by atoms with Crippen LogP contribution < -0.4 is 28.4 Å². The second-order valence-electron chi connectivity index (χ2n) is 9.67. The number of benzene rings is 3. The number of hydrogen-bond acceptors (Lipinski definition) is 12. The van der Waals surface area contributed by atoms with Crippen molar-refractivity contribution in [2.75, 3.05) is 41.8 Å². The van der Waals surface area contributed by atoms with Crippen molar-refractivity contribution in [3.8, 4) is 34.5 Å². The second-order valence-corrected chi connectivity index (χ2v) is 11.2. The lowest BCUT2D eigenvalue weighted by Crippen LogP contribution is -2.37. The molecule has 1 aliphatic carbocycles. The number of nitrogens with zero attached hydrogens (tertiary/aromatic N) is 1. The maximum absolute atomic E-state index is 13.3. The first kappa shape index (κ1) is 27.5. The van der Waals surface area contributed by atoms with Gasteiger partial charge in [-0.1, -0.05) is 5.16 Å². The molecule has 3 atom stereocenters. The quantitative estimate of drug-likeness (QED) is 0.279. The minimum absolute atomic E-state index is 0.0107. The molecular weight excluding hydrogens is 570 g/mol. The fourth-order valence-electron chi connectivity index (χ4n) is 5.64. The Labute approximate surface area is 241 Å². The molecule has 12 nitrogen and oxygen atoms in total. The molecule has 0 aromatic heterocycles. The number of carbonyl (C=O) groups is 1. The van der Waals surface area contributed by atoms with Crippen LogP contribution in [0.3, 0.4) is 0 Å². The van der Waals surface area contributed by atoms with Crippen LogP contribution in [0.4, 0.5) is 0 Å². The van der Waals surface area contributed by atoms with E-state index in [1.807, 2.05) is 0 Å². The molecule has 0 amide bonds. The summed E-state index contributed by atoms with van der Waals surface area (Å²) in [5, 5.41) is 4.14. The van der Waals surface area contributed by atoms with Crippen molar-refractivity contribution >= 4 is 21.8 Å². The summed E-state index contributed by atoms with van der Waals surface area (Å²) >= 11 is 0. The summed E-state index contributed by atoms with van der Waals surface area (Å²) in [5.74, 6) is 0.181. The number of carbonyl (C=O) groups excluding carboxylic acids is 1. The molecule has 0 radical (unpaired) electrons. The predicted molar refractivity (Wildman–Crippen MR) is 146 cm³/mol. The van der Waals surface area contributed by atoms with Gasteiger partial charge in [-0.3, -0.25) is 9.08 Å². The first-order chi connectivity index (χ1) is 20.3. The molecule has 42 heavy (non-hydrogen) atoms. The summed E-state index contributed by atoms with van der Waals surface area (Å²) in [6.45, 7) is -0.0140. The van der Waals surface area contributed by atoms with Crippen LogP contribution >= 0.6 is 0 Å². The number of rotatable bonds is 8. The molecule has 6 rings (SSSR count). The Hall–Kier alpha value is -4.65. The number of ether oxygens (including phenoxy) is 7. The number of fused-ring (bicyclic) bond motifs is 3. The van der Waals surface area contributed by atoms with E-state index in [0.29, 0.717) is 51.2 Å². The van der Waals surface area contributed by atoms with Gasteiger partial charge in [0.05, 0.1) is 46.0 Å². The number of esters is 1. The average molecular weight is 598 g/mol. The Morgan fingerprint density at radius 3 is 2.12 bits per heavy atom. The molecular formula is C29H27NO11S. The van der Waals surface area contributed by atoms with Gasteiger partial charge in [-0.2, -0.15) is 8.42 Å². The Morgan fingerprint density at radius 2 is 1.50 bits per heavy atom. The third-order valence-corrected chi connectivity index (χ3v) is 8.73. The van der Waals surface area contributed by atoms with Crippen molar-refractivity contribution < 1.29 is 50.7 Å². The van der Waals surface area contributed by atoms with Crippen molar-refractivity contribution in [2.45, 2.75) is 10.8 Å². The minimum Gasteiger partial charge on any atom is -0.497 e. The van der Waals surface area contributed by atoms with E-state index in [4.69, 9.17) is 37.4 Å². The van der Waals surface area contributed by atoms with E-state index in [2.05, 4.69) is 5.16 Å². The van der Waals surface area contributed by atoms with Crippen LogP contribution in [0.15, 0.2) is 58.6 Å². The molecule has 3 aromatic carbocycles. The van der Waals surface area contributed by atoms with E-state index in [1.54, 1.807) is 24.3 Å². The Bertz CT molecular complexity index is 1660. The van der Waals surface area contributed by atoms with Crippen LogP contribution in [-0.4, -0.2) is 61.9 Å². The molecule has 1 fully saturated rings. The molecule has 13 heteroatoms. The van der Waals surface area contributed by atoms with E-state index in [1.165, 1.54) is 52.7 Å². The van der Waals surface area contributed by atoms with Gasteiger partial charge in [-0.15, -0.1) is 0 Å². The van der Waals surface area contributed by atoms with Gasteiger partial charge in [0.1, 0.15) is 17.3 Å². The summed E-state index contributed by atoms with van der Waals surface area (Å²) in [5.41, 5.74) is 2.09. The molecule has 220 valence electrons. The molecule has 2 heterocycles. The zero-order valence-corrected chi connectivity index (χ0v) is 23.9. The Morgan fingerprint density at radius 1 is 0.833 bits per heavy atom. The second kappa shape index (κ2) is 10.6. The summed E-state index contributed by atoms with van der Waals surface area (Å²) < 4.78 is 69.9. The highest BCUT2D eigenvalue weighted by Gasteiger charge is 2.52. The monoisotopic (exact) mass is 597 g/mol. The first-order valence-electron chi connectivity index (χ1n) is 12.9. The topological polar surface area (TPSA) is 137 Å². The average Bonchev–Trinajstić information content (AvgIpc) is 3.63. The minimum atomic E-state index is -4.30. The van der Waals surface area contributed by atoms with Crippen molar-refractivity contribution in [2.24, 2.45) is 17.0 Å². The van der Waals surface area contributed by atoms with Gasteiger partial charge in [0.2, 0.25) is 12.5 Å². The number of oxime groups is 1. The zero-order valence-electron chi connectivity index (χ0n) is 23.1. The summed E-state index contributed by atoms with van der Waals surface area (Å²) in [6.07, 6.45) is 0.